The summed E-state index contributed by atoms with van der Waals surface area (Å²) in [6.07, 6.45) is 8.26. The number of rotatable bonds is 4. The third kappa shape index (κ3) is 3.01. The van der Waals surface area contributed by atoms with E-state index in [-0.39, 0.29) is 0 Å². The Morgan fingerprint density at radius 2 is 2.21 bits per heavy atom. The number of hydrogen-bond acceptors (Lipinski definition) is 7. The molecular weight excluding hydrogens is 371 g/mol. The number of thiophene rings is 1. The van der Waals surface area contributed by atoms with Crippen LogP contribution < -0.4 is 10.5 Å². The summed E-state index contributed by atoms with van der Waals surface area (Å²) in [6, 6.07) is 5.87. The molecule has 0 spiro atoms. The second-order valence-corrected chi connectivity index (χ2v) is 8.27. The van der Waals surface area contributed by atoms with Crippen LogP contribution in [0.3, 0.4) is 0 Å². The highest BCUT2D eigenvalue weighted by molar-refractivity contribution is 7.19. The van der Waals surface area contributed by atoms with Crippen molar-refractivity contribution in [2.75, 3.05) is 11.6 Å². The Morgan fingerprint density at radius 1 is 1.32 bits per heavy atom. The molecule has 28 heavy (non-hydrogen) atoms. The van der Waals surface area contributed by atoms with Crippen molar-refractivity contribution in [3.8, 4) is 0 Å². The van der Waals surface area contributed by atoms with Crippen molar-refractivity contribution in [2.45, 2.75) is 39.2 Å². The number of fused-ring (bicyclic) bond motifs is 4. The summed E-state index contributed by atoms with van der Waals surface area (Å²) >= 11 is 1.82. The Morgan fingerprint density at radius 3 is 3.11 bits per heavy atom. The van der Waals surface area contributed by atoms with Crippen LogP contribution in [0, 0.1) is 0 Å². The van der Waals surface area contributed by atoms with Crippen molar-refractivity contribution in [3.05, 3.63) is 46.1 Å². The standard InChI is InChI=1S/C20H21BN4O2S/c1-2-25(24-10-13-7-8-16-14(9-13)11-27-21(16)26)20-19-18(22-12-23-20)15-5-3-4-6-17(15)28-19/h7-10,12,26H,2-6,11H2,1H3/b24-10+. The minimum atomic E-state index is -0.813. The van der Waals surface area contributed by atoms with Crippen molar-refractivity contribution in [1.29, 1.82) is 0 Å². The van der Waals surface area contributed by atoms with Gasteiger partial charge < -0.3 is 9.68 Å². The van der Waals surface area contributed by atoms with Gasteiger partial charge in [0.15, 0.2) is 5.82 Å². The van der Waals surface area contributed by atoms with E-state index in [9.17, 15) is 5.02 Å². The normalized spacial score (nSPS) is 16.0. The average Bonchev–Trinajstić information content (AvgIpc) is 3.29. The molecule has 0 atom stereocenters. The van der Waals surface area contributed by atoms with Gasteiger partial charge in [-0.15, -0.1) is 11.3 Å². The molecule has 1 N–H and O–H groups in total. The lowest BCUT2D eigenvalue weighted by Gasteiger charge is -2.16. The molecule has 1 aliphatic carbocycles. The Balaban J connectivity index is 1.48. The number of anilines is 1. The minimum Gasteiger partial charge on any atom is -0.423 e. The molecule has 0 radical (unpaired) electrons. The predicted octanol–water partition coefficient (Wildman–Crippen LogP) is 2.65. The van der Waals surface area contributed by atoms with Crippen LogP contribution in [0.25, 0.3) is 10.2 Å². The van der Waals surface area contributed by atoms with Gasteiger partial charge in [-0.2, -0.15) is 5.10 Å². The molecule has 0 bridgehead atoms. The Kier molecular flexibility index (Phi) is 4.62. The van der Waals surface area contributed by atoms with Crippen molar-refractivity contribution >= 4 is 46.2 Å². The number of aromatic nitrogens is 2. The molecule has 0 amide bonds. The Labute approximate surface area is 168 Å². The van der Waals surface area contributed by atoms with Crippen LogP contribution in [0.5, 0.6) is 0 Å². The molecule has 3 heterocycles. The van der Waals surface area contributed by atoms with Gasteiger partial charge in [-0.3, -0.25) is 0 Å². The molecule has 142 valence electrons. The fraction of sp³-hybridized carbons (Fsp3) is 0.350. The third-order valence-corrected chi connectivity index (χ3v) is 6.71. The summed E-state index contributed by atoms with van der Waals surface area (Å²) in [7, 11) is -0.813. The summed E-state index contributed by atoms with van der Waals surface area (Å²) in [5.41, 5.74) is 5.33. The zero-order valence-corrected chi connectivity index (χ0v) is 16.6. The first-order valence-electron chi connectivity index (χ1n) is 9.74. The molecule has 1 aromatic carbocycles. The highest BCUT2D eigenvalue weighted by Crippen LogP contribution is 2.39. The van der Waals surface area contributed by atoms with Crippen LogP contribution in [0.15, 0.2) is 29.6 Å². The molecule has 6 nitrogen and oxygen atoms in total. The zero-order chi connectivity index (χ0) is 19.1. The highest BCUT2D eigenvalue weighted by atomic mass is 32.1. The van der Waals surface area contributed by atoms with Crippen molar-refractivity contribution in [2.24, 2.45) is 5.10 Å². The Hall–Kier alpha value is -2.29. The van der Waals surface area contributed by atoms with Gasteiger partial charge in [0.2, 0.25) is 0 Å². The lowest BCUT2D eigenvalue weighted by Crippen LogP contribution is -2.27. The largest absolute Gasteiger partial charge is 0.491 e. The molecule has 3 aromatic rings. The first kappa shape index (κ1) is 17.8. The summed E-state index contributed by atoms with van der Waals surface area (Å²) in [5.74, 6) is 0.878. The summed E-state index contributed by atoms with van der Waals surface area (Å²) in [4.78, 5) is 10.6. The molecule has 2 aromatic heterocycles. The van der Waals surface area contributed by atoms with Gasteiger partial charge >= 0.3 is 7.12 Å². The lowest BCUT2D eigenvalue weighted by molar-refractivity contribution is 0.275. The second-order valence-electron chi connectivity index (χ2n) is 7.17. The van der Waals surface area contributed by atoms with Crippen LogP contribution in [0.1, 0.15) is 41.3 Å². The molecule has 0 saturated carbocycles. The van der Waals surface area contributed by atoms with Gasteiger partial charge in [-0.05, 0) is 60.8 Å². The number of hydrazone groups is 1. The monoisotopic (exact) mass is 392 g/mol. The van der Waals surface area contributed by atoms with Crippen molar-refractivity contribution < 1.29 is 9.68 Å². The van der Waals surface area contributed by atoms with Gasteiger partial charge in [-0.1, -0.05) is 12.1 Å². The highest BCUT2D eigenvalue weighted by Gasteiger charge is 2.27. The number of benzene rings is 1. The van der Waals surface area contributed by atoms with Crippen LogP contribution >= 0.6 is 11.3 Å². The van der Waals surface area contributed by atoms with E-state index in [1.54, 1.807) is 6.33 Å². The summed E-state index contributed by atoms with van der Waals surface area (Å²) < 4.78 is 6.41. The number of aryl methyl sites for hydroxylation is 2. The van der Waals surface area contributed by atoms with Gasteiger partial charge in [0.25, 0.3) is 0 Å². The quantitative estimate of drug-likeness (QED) is 0.420. The molecule has 8 heteroatoms. The van der Waals surface area contributed by atoms with Crippen LogP contribution in [-0.2, 0) is 24.1 Å². The van der Waals surface area contributed by atoms with E-state index in [4.69, 9.17) is 9.76 Å². The fourth-order valence-corrected chi connectivity index (χ4v) is 5.31. The Bertz CT molecular complexity index is 1070. The van der Waals surface area contributed by atoms with E-state index in [0.29, 0.717) is 6.61 Å². The van der Waals surface area contributed by atoms with E-state index in [1.807, 2.05) is 40.8 Å². The van der Waals surface area contributed by atoms with Gasteiger partial charge in [-0.25, -0.2) is 15.0 Å². The van der Waals surface area contributed by atoms with Crippen LogP contribution in [0.4, 0.5) is 5.82 Å². The van der Waals surface area contributed by atoms with Gasteiger partial charge in [0, 0.05) is 11.4 Å². The average molecular weight is 392 g/mol. The maximum absolute atomic E-state index is 9.77. The van der Waals surface area contributed by atoms with E-state index >= 15 is 0 Å². The molecular formula is C20H21BN4O2S. The number of hydrogen-bond donors (Lipinski definition) is 1. The predicted molar refractivity (Wildman–Crippen MR) is 114 cm³/mol. The zero-order valence-electron chi connectivity index (χ0n) is 15.8. The van der Waals surface area contributed by atoms with E-state index in [2.05, 4.69) is 16.9 Å². The van der Waals surface area contributed by atoms with Crippen LogP contribution in [-0.4, -0.2) is 34.9 Å². The summed E-state index contributed by atoms with van der Waals surface area (Å²) in [6.45, 7) is 3.23. The first-order chi connectivity index (χ1) is 13.7. The van der Waals surface area contributed by atoms with Crippen molar-refractivity contribution in [3.63, 3.8) is 0 Å². The van der Waals surface area contributed by atoms with E-state index < -0.39 is 7.12 Å². The number of nitrogens with zero attached hydrogens (tertiary/aromatic N) is 4. The van der Waals surface area contributed by atoms with E-state index in [1.165, 1.54) is 23.3 Å². The third-order valence-electron chi connectivity index (χ3n) is 5.43. The first-order valence-corrected chi connectivity index (χ1v) is 10.6. The van der Waals surface area contributed by atoms with Gasteiger partial charge in [0.1, 0.15) is 6.33 Å². The lowest BCUT2D eigenvalue weighted by atomic mass is 9.79. The summed E-state index contributed by atoms with van der Waals surface area (Å²) in [5, 5.41) is 16.4. The smallest absolute Gasteiger partial charge is 0.423 e. The maximum Gasteiger partial charge on any atom is 0.491 e. The fourth-order valence-electron chi connectivity index (χ4n) is 3.97. The molecule has 0 fully saturated rings. The van der Waals surface area contributed by atoms with Gasteiger partial charge in [0.05, 0.1) is 23.0 Å². The molecule has 1 aliphatic heterocycles. The topological polar surface area (TPSA) is 70.8 Å². The van der Waals surface area contributed by atoms with E-state index in [0.717, 1.165) is 52.0 Å². The molecule has 5 rings (SSSR count). The minimum absolute atomic E-state index is 0.433. The van der Waals surface area contributed by atoms with Crippen molar-refractivity contribution in [1.82, 2.24) is 9.97 Å². The maximum atomic E-state index is 9.77. The molecule has 2 aliphatic rings. The SMILES string of the molecule is CCN(/N=C/c1ccc2c(c1)COB2O)c1ncnc2c3c(sc12)CCCC3. The van der Waals surface area contributed by atoms with Crippen LogP contribution in [0.2, 0.25) is 0 Å². The molecule has 0 saturated heterocycles. The second kappa shape index (κ2) is 7.27. The molecule has 0 unspecified atom stereocenters.